The molecule has 2 aromatic rings. The fourth-order valence-electron chi connectivity index (χ4n) is 3.41. The van der Waals surface area contributed by atoms with Gasteiger partial charge in [0, 0.05) is 18.5 Å². The molecule has 1 unspecified atom stereocenters. The van der Waals surface area contributed by atoms with Gasteiger partial charge in [-0.05, 0) is 38.0 Å². The van der Waals surface area contributed by atoms with E-state index in [0.29, 0.717) is 18.0 Å². The Hall–Kier alpha value is -2.77. The van der Waals surface area contributed by atoms with Crippen molar-refractivity contribution in [3.8, 4) is 11.5 Å². The predicted molar refractivity (Wildman–Crippen MR) is 100 cm³/mol. The average Bonchev–Trinajstić information content (AvgIpc) is 2.84. The Kier molecular flexibility index (Phi) is 5.83. The van der Waals surface area contributed by atoms with Crippen LogP contribution in [0.15, 0.2) is 23.0 Å². The average molecular weight is 374 g/mol. The van der Waals surface area contributed by atoms with Crippen molar-refractivity contribution in [2.75, 3.05) is 14.2 Å². The first-order valence-electron chi connectivity index (χ1n) is 9.21. The molecule has 1 atom stereocenters. The maximum Gasteiger partial charge on any atom is 0.346 e. The summed E-state index contributed by atoms with van der Waals surface area (Å²) in [5.74, 6) is 1.84. The zero-order chi connectivity index (χ0) is 19.4. The number of nitrogens with one attached hydrogen (secondary N) is 1. The highest BCUT2D eigenvalue weighted by molar-refractivity contribution is 5.76. The number of carbonyl (C=O) groups is 1. The Balaban J connectivity index is 1.72. The molecule has 27 heavy (non-hydrogen) atoms. The molecule has 8 nitrogen and oxygen atoms in total. The van der Waals surface area contributed by atoms with Crippen molar-refractivity contribution in [3.63, 3.8) is 0 Å². The molecule has 0 saturated carbocycles. The monoisotopic (exact) mass is 374 g/mol. The molecule has 1 N–H and O–H groups in total. The second-order valence-corrected chi connectivity index (χ2v) is 6.72. The standard InChI is InChI=1S/C19H26N4O4/c1-13(15-11-14(26-2)8-9-16(15)27-3)20-18(24)12-23-19(25)22-10-6-4-5-7-17(22)21-23/h8-9,11,13H,4-7,10,12H2,1-3H3,(H,20,24). The second-order valence-electron chi connectivity index (χ2n) is 6.72. The Bertz CT molecular complexity index is 871. The van der Waals surface area contributed by atoms with E-state index in [4.69, 9.17) is 9.47 Å². The molecule has 146 valence electrons. The Labute approximate surface area is 158 Å². The highest BCUT2D eigenvalue weighted by atomic mass is 16.5. The van der Waals surface area contributed by atoms with Crippen LogP contribution in [0.3, 0.4) is 0 Å². The molecule has 1 aromatic carbocycles. The molecule has 2 heterocycles. The number of benzene rings is 1. The number of methoxy groups -OCH3 is 2. The number of amides is 1. The minimum absolute atomic E-state index is 0.102. The van der Waals surface area contributed by atoms with Crippen molar-refractivity contribution in [1.29, 1.82) is 0 Å². The SMILES string of the molecule is COc1ccc(OC)c(C(C)NC(=O)Cn2nc3n(c2=O)CCCCC3)c1. The van der Waals surface area contributed by atoms with Gasteiger partial charge in [0.15, 0.2) is 0 Å². The Morgan fingerprint density at radius 2 is 2.07 bits per heavy atom. The Morgan fingerprint density at radius 3 is 2.81 bits per heavy atom. The van der Waals surface area contributed by atoms with Crippen molar-refractivity contribution in [2.24, 2.45) is 0 Å². The summed E-state index contributed by atoms with van der Waals surface area (Å²) in [5, 5.41) is 7.26. The highest BCUT2D eigenvalue weighted by Gasteiger charge is 2.19. The van der Waals surface area contributed by atoms with Crippen LogP contribution in [0.25, 0.3) is 0 Å². The summed E-state index contributed by atoms with van der Waals surface area (Å²) >= 11 is 0. The van der Waals surface area contributed by atoms with E-state index < -0.39 is 0 Å². The zero-order valence-corrected chi connectivity index (χ0v) is 16.0. The van der Waals surface area contributed by atoms with Crippen LogP contribution in [0, 0.1) is 0 Å². The number of hydrogen-bond donors (Lipinski definition) is 1. The quantitative estimate of drug-likeness (QED) is 0.831. The maximum atomic E-state index is 12.5. The van der Waals surface area contributed by atoms with E-state index in [1.54, 1.807) is 30.9 Å². The number of aromatic nitrogens is 3. The number of fused-ring (bicyclic) bond motifs is 1. The molecular weight excluding hydrogens is 348 g/mol. The van der Waals surface area contributed by atoms with E-state index >= 15 is 0 Å². The van der Waals surface area contributed by atoms with Gasteiger partial charge in [0.2, 0.25) is 5.91 Å². The summed E-state index contributed by atoms with van der Waals surface area (Å²) in [6.07, 6.45) is 3.87. The topological polar surface area (TPSA) is 87.4 Å². The maximum absolute atomic E-state index is 12.5. The van der Waals surface area contributed by atoms with E-state index in [1.165, 1.54) is 4.68 Å². The second kappa shape index (κ2) is 8.28. The van der Waals surface area contributed by atoms with E-state index in [1.807, 2.05) is 13.0 Å². The van der Waals surface area contributed by atoms with Crippen LogP contribution < -0.4 is 20.5 Å². The third-order valence-electron chi connectivity index (χ3n) is 4.86. The molecule has 1 aromatic heterocycles. The van der Waals surface area contributed by atoms with Crippen LogP contribution in [-0.4, -0.2) is 34.5 Å². The molecule has 0 saturated heterocycles. The van der Waals surface area contributed by atoms with Crippen molar-refractivity contribution in [1.82, 2.24) is 19.7 Å². The van der Waals surface area contributed by atoms with Crippen molar-refractivity contribution in [2.45, 2.75) is 51.7 Å². The first kappa shape index (κ1) is 19.0. The fourth-order valence-corrected chi connectivity index (χ4v) is 3.41. The van der Waals surface area contributed by atoms with Gasteiger partial charge in [-0.15, -0.1) is 0 Å². The molecule has 1 aliphatic rings. The van der Waals surface area contributed by atoms with Crippen molar-refractivity contribution < 1.29 is 14.3 Å². The molecule has 0 aliphatic carbocycles. The number of nitrogens with zero attached hydrogens (tertiary/aromatic N) is 3. The van der Waals surface area contributed by atoms with Gasteiger partial charge in [0.25, 0.3) is 0 Å². The third-order valence-corrected chi connectivity index (χ3v) is 4.86. The highest BCUT2D eigenvalue weighted by Crippen LogP contribution is 2.29. The summed E-state index contributed by atoms with van der Waals surface area (Å²) < 4.78 is 13.6. The zero-order valence-electron chi connectivity index (χ0n) is 16.0. The van der Waals surface area contributed by atoms with Gasteiger partial charge in [-0.1, -0.05) is 6.42 Å². The molecule has 1 amide bonds. The van der Waals surface area contributed by atoms with Gasteiger partial charge < -0.3 is 14.8 Å². The molecule has 8 heteroatoms. The number of hydrogen-bond acceptors (Lipinski definition) is 5. The van der Waals surface area contributed by atoms with Crippen molar-refractivity contribution >= 4 is 5.91 Å². The molecular formula is C19H26N4O4. The van der Waals surface area contributed by atoms with Crippen LogP contribution in [0.5, 0.6) is 11.5 Å². The van der Waals surface area contributed by atoms with Crippen molar-refractivity contribution in [3.05, 3.63) is 40.1 Å². The van der Waals surface area contributed by atoms with Crippen LogP contribution in [0.2, 0.25) is 0 Å². The summed E-state index contributed by atoms with van der Waals surface area (Å²) in [6, 6.07) is 5.12. The first-order valence-corrected chi connectivity index (χ1v) is 9.21. The summed E-state index contributed by atoms with van der Waals surface area (Å²) in [6.45, 7) is 2.43. The smallest absolute Gasteiger partial charge is 0.346 e. The molecule has 1 aliphatic heterocycles. The van der Waals surface area contributed by atoms with Crippen LogP contribution in [-0.2, 0) is 24.3 Å². The molecule has 0 spiro atoms. The first-order chi connectivity index (χ1) is 13.0. The molecule has 0 radical (unpaired) electrons. The Morgan fingerprint density at radius 1 is 1.26 bits per heavy atom. The van der Waals surface area contributed by atoms with E-state index in [-0.39, 0.29) is 24.2 Å². The number of carbonyl (C=O) groups excluding carboxylic acids is 1. The minimum Gasteiger partial charge on any atom is -0.497 e. The third kappa shape index (κ3) is 4.15. The summed E-state index contributed by atoms with van der Waals surface area (Å²) in [4.78, 5) is 25.0. The lowest BCUT2D eigenvalue weighted by Crippen LogP contribution is -2.35. The lowest BCUT2D eigenvalue weighted by atomic mass is 10.1. The van der Waals surface area contributed by atoms with Gasteiger partial charge in [-0.2, -0.15) is 5.10 Å². The largest absolute Gasteiger partial charge is 0.497 e. The molecule has 0 bridgehead atoms. The lowest BCUT2D eigenvalue weighted by molar-refractivity contribution is -0.122. The van der Waals surface area contributed by atoms with Gasteiger partial charge >= 0.3 is 5.69 Å². The van der Waals surface area contributed by atoms with E-state index in [0.717, 1.165) is 37.1 Å². The molecule has 0 fully saturated rings. The van der Waals surface area contributed by atoms with Crippen LogP contribution in [0.4, 0.5) is 0 Å². The van der Waals surface area contributed by atoms with Gasteiger partial charge in [-0.3, -0.25) is 9.36 Å². The normalized spacial score (nSPS) is 14.8. The van der Waals surface area contributed by atoms with E-state index in [2.05, 4.69) is 10.4 Å². The summed E-state index contributed by atoms with van der Waals surface area (Å²) in [7, 11) is 3.17. The predicted octanol–water partition coefficient (Wildman–Crippen LogP) is 1.67. The van der Waals surface area contributed by atoms with Gasteiger partial charge in [0.05, 0.1) is 20.3 Å². The lowest BCUT2D eigenvalue weighted by Gasteiger charge is -2.18. The number of aryl methyl sites for hydroxylation is 1. The fraction of sp³-hybridized carbons (Fsp3) is 0.526. The number of rotatable bonds is 6. The minimum atomic E-state index is -0.307. The van der Waals surface area contributed by atoms with Gasteiger partial charge in [-0.25, -0.2) is 9.48 Å². The van der Waals surface area contributed by atoms with Crippen LogP contribution in [0.1, 0.15) is 43.6 Å². The number of ether oxygens (including phenoxy) is 2. The van der Waals surface area contributed by atoms with Crippen LogP contribution >= 0.6 is 0 Å². The van der Waals surface area contributed by atoms with E-state index in [9.17, 15) is 9.59 Å². The summed E-state index contributed by atoms with van der Waals surface area (Å²) in [5.41, 5.74) is 0.590. The molecule has 3 rings (SSSR count). The van der Waals surface area contributed by atoms with Gasteiger partial charge in [0.1, 0.15) is 23.9 Å².